The molecule has 0 saturated heterocycles. The highest BCUT2D eigenvalue weighted by Gasteiger charge is 2.28. The number of benzene rings is 2. The van der Waals surface area contributed by atoms with Crippen LogP contribution < -0.4 is 11.1 Å². The normalized spacial score (nSPS) is 21.2. The number of aromatic hydroxyl groups is 1. The summed E-state index contributed by atoms with van der Waals surface area (Å²) in [4.78, 5) is 0. The van der Waals surface area contributed by atoms with Crippen molar-refractivity contribution < 1.29 is 9.50 Å². The Balaban J connectivity index is 1.87. The summed E-state index contributed by atoms with van der Waals surface area (Å²) in [5, 5.41) is 12.4. The van der Waals surface area contributed by atoms with Gasteiger partial charge in [0.1, 0.15) is 0 Å². The second kappa shape index (κ2) is 4.55. The predicted molar refractivity (Wildman–Crippen MR) is 72.4 cm³/mol. The Morgan fingerprint density at radius 1 is 1.16 bits per heavy atom. The Morgan fingerprint density at radius 2 is 1.89 bits per heavy atom. The summed E-state index contributed by atoms with van der Waals surface area (Å²) in [7, 11) is 0. The molecular weight excluding hydrogens is 243 g/mol. The van der Waals surface area contributed by atoms with Crippen LogP contribution in [0.3, 0.4) is 0 Å². The molecule has 2 aromatic carbocycles. The molecule has 0 saturated carbocycles. The summed E-state index contributed by atoms with van der Waals surface area (Å²) in [6, 6.07) is 12.4. The first-order valence-electron chi connectivity index (χ1n) is 6.24. The van der Waals surface area contributed by atoms with Crippen LogP contribution in [0.15, 0.2) is 42.5 Å². The van der Waals surface area contributed by atoms with E-state index in [1.807, 2.05) is 24.3 Å². The van der Waals surface area contributed by atoms with Gasteiger partial charge in [-0.15, -0.1) is 0 Å². The van der Waals surface area contributed by atoms with E-state index in [0.29, 0.717) is 5.69 Å². The molecule has 0 heterocycles. The molecular formula is C15H15FN2O. The second-order valence-corrected chi connectivity index (χ2v) is 4.83. The maximum Gasteiger partial charge on any atom is 0.166 e. The molecule has 2 aromatic rings. The third-order valence-electron chi connectivity index (χ3n) is 3.55. The molecule has 0 aliphatic heterocycles. The SMILES string of the molecule is NC1CC(Nc2ccc(O)c(F)c2)c2ccccc21. The zero-order valence-electron chi connectivity index (χ0n) is 10.3. The van der Waals surface area contributed by atoms with Crippen LogP contribution in [0.1, 0.15) is 29.6 Å². The summed E-state index contributed by atoms with van der Waals surface area (Å²) < 4.78 is 13.3. The van der Waals surface area contributed by atoms with Crippen molar-refractivity contribution in [2.75, 3.05) is 5.32 Å². The lowest BCUT2D eigenvalue weighted by Crippen LogP contribution is -2.10. The van der Waals surface area contributed by atoms with Crippen molar-refractivity contribution in [2.45, 2.75) is 18.5 Å². The summed E-state index contributed by atoms with van der Waals surface area (Å²) >= 11 is 0. The van der Waals surface area contributed by atoms with Gasteiger partial charge in [-0.05, 0) is 29.7 Å². The van der Waals surface area contributed by atoms with Crippen LogP contribution in [0.5, 0.6) is 5.75 Å². The number of anilines is 1. The van der Waals surface area contributed by atoms with Gasteiger partial charge in [-0.25, -0.2) is 4.39 Å². The Bertz CT molecular complexity index is 615. The van der Waals surface area contributed by atoms with Gasteiger partial charge in [0.2, 0.25) is 0 Å². The zero-order chi connectivity index (χ0) is 13.4. The minimum absolute atomic E-state index is 0.00987. The summed E-state index contributed by atoms with van der Waals surface area (Å²) in [5.74, 6) is -0.963. The Hall–Kier alpha value is -2.07. The van der Waals surface area contributed by atoms with Gasteiger partial charge >= 0.3 is 0 Å². The molecule has 0 radical (unpaired) electrons. The van der Waals surface area contributed by atoms with Crippen molar-refractivity contribution in [3.05, 3.63) is 59.4 Å². The minimum atomic E-state index is -0.624. The smallest absolute Gasteiger partial charge is 0.166 e. The molecule has 0 spiro atoms. The molecule has 19 heavy (non-hydrogen) atoms. The lowest BCUT2D eigenvalue weighted by Gasteiger charge is -2.15. The summed E-state index contributed by atoms with van der Waals surface area (Å²) in [6.45, 7) is 0. The largest absolute Gasteiger partial charge is 0.505 e. The van der Waals surface area contributed by atoms with Gasteiger partial charge in [-0.3, -0.25) is 0 Å². The van der Waals surface area contributed by atoms with Crippen molar-refractivity contribution in [2.24, 2.45) is 5.73 Å². The van der Waals surface area contributed by atoms with Gasteiger partial charge in [0.25, 0.3) is 0 Å². The van der Waals surface area contributed by atoms with E-state index >= 15 is 0 Å². The van der Waals surface area contributed by atoms with E-state index in [-0.39, 0.29) is 17.8 Å². The molecule has 0 aromatic heterocycles. The maximum absolute atomic E-state index is 13.3. The van der Waals surface area contributed by atoms with Crippen molar-refractivity contribution in [1.29, 1.82) is 0 Å². The van der Waals surface area contributed by atoms with Gasteiger partial charge in [-0.2, -0.15) is 0 Å². The van der Waals surface area contributed by atoms with Gasteiger partial charge < -0.3 is 16.2 Å². The molecule has 4 N–H and O–H groups in total. The number of hydrogen-bond acceptors (Lipinski definition) is 3. The Kier molecular flexibility index (Phi) is 2.87. The molecule has 0 bridgehead atoms. The number of nitrogens with two attached hydrogens (primary N) is 1. The van der Waals surface area contributed by atoms with Crippen LogP contribution in [0.25, 0.3) is 0 Å². The van der Waals surface area contributed by atoms with Crippen molar-refractivity contribution >= 4 is 5.69 Å². The van der Waals surface area contributed by atoms with Crippen LogP contribution in [0.4, 0.5) is 10.1 Å². The van der Waals surface area contributed by atoms with Gasteiger partial charge in [0, 0.05) is 17.8 Å². The molecule has 3 nitrogen and oxygen atoms in total. The number of halogens is 1. The van der Waals surface area contributed by atoms with Crippen LogP contribution in [0.2, 0.25) is 0 Å². The van der Waals surface area contributed by atoms with Gasteiger partial charge in [0.15, 0.2) is 11.6 Å². The van der Waals surface area contributed by atoms with Gasteiger partial charge in [0.05, 0.1) is 6.04 Å². The molecule has 2 unspecified atom stereocenters. The first-order chi connectivity index (χ1) is 9.15. The molecule has 0 fully saturated rings. The lowest BCUT2D eigenvalue weighted by molar-refractivity contribution is 0.432. The second-order valence-electron chi connectivity index (χ2n) is 4.83. The molecule has 0 amide bonds. The lowest BCUT2D eigenvalue weighted by atomic mass is 10.1. The zero-order valence-corrected chi connectivity index (χ0v) is 10.3. The minimum Gasteiger partial charge on any atom is -0.505 e. The predicted octanol–water partition coefficient (Wildman–Crippen LogP) is 3.09. The first-order valence-corrected chi connectivity index (χ1v) is 6.24. The van der Waals surface area contributed by atoms with Crippen molar-refractivity contribution in [3.63, 3.8) is 0 Å². The molecule has 2 atom stereocenters. The number of phenolic OH excluding ortho intramolecular Hbond substituents is 1. The topological polar surface area (TPSA) is 58.3 Å². The third kappa shape index (κ3) is 2.15. The number of hydrogen-bond donors (Lipinski definition) is 3. The van der Waals surface area contributed by atoms with E-state index in [9.17, 15) is 9.50 Å². The van der Waals surface area contributed by atoms with E-state index in [1.54, 1.807) is 6.07 Å². The average Bonchev–Trinajstić information content (AvgIpc) is 2.72. The molecule has 3 rings (SSSR count). The highest BCUT2D eigenvalue weighted by atomic mass is 19.1. The Morgan fingerprint density at radius 3 is 2.63 bits per heavy atom. The van der Waals surface area contributed by atoms with Crippen LogP contribution in [-0.2, 0) is 0 Å². The number of nitrogens with one attached hydrogen (secondary N) is 1. The van der Waals surface area contributed by atoms with E-state index in [1.165, 1.54) is 12.1 Å². The highest BCUT2D eigenvalue weighted by molar-refractivity contribution is 5.51. The van der Waals surface area contributed by atoms with Crippen molar-refractivity contribution in [1.82, 2.24) is 0 Å². The standard InChI is InChI=1S/C15H15FN2O/c16-12-7-9(5-6-15(12)19)18-14-8-13(17)10-3-1-2-4-11(10)14/h1-7,13-14,18-19H,8,17H2. The molecule has 98 valence electrons. The highest BCUT2D eigenvalue weighted by Crippen LogP contribution is 2.39. The third-order valence-corrected chi connectivity index (χ3v) is 3.55. The number of phenols is 1. The molecule has 1 aliphatic carbocycles. The van der Waals surface area contributed by atoms with E-state index in [4.69, 9.17) is 5.73 Å². The van der Waals surface area contributed by atoms with E-state index < -0.39 is 5.82 Å². The number of fused-ring (bicyclic) bond motifs is 1. The number of rotatable bonds is 2. The van der Waals surface area contributed by atoms with Gasteiger partial charge in [-0.1, -0.05) is 24.3 Å². The maximum atomic E-state index is 13.3. The average molecular weight is 258 g/mol. The van der Waals surface area contributed by atoms with Crippen LogP contribution in [0, 0.1) is 5.82 Å². The first kappa shape index (κ1) is 12.0. The molecule has 4 heteroatoms. The Labute approximate surface area is 110 Å². The fourth-order valence-electron chi connectivity index (χ4n) is 2.61. The summed E-state index contributed by atoms with van der Waals surface area (Å²) in [5.41, 5.74) is 9.03. The summed E-state index contributed by atoms with van der Waals surface area (Å²) in [6.07, 6.45) is 0.780. The van der Waals surface area contributed by atoms with Crippen LogP contribution >= 0.6 is 0 Å². The molecule has 1 aliphatic rings. The quantitative estimate of drug-likeness (QED) is 0.725. The fraction of sp³-hybridized carbons (Fsp3) is 0.200. The monoisotopic (exact) mass is 258 g/mol. The fourth-order valence-corrected chi connectivity index (χ4v) is 2.61. The van der Waals surface area contributed by atoms with Crippen molar-refractivity contribution in [3.8, 4) is 5.75 Å². The van der Waals surface area contributed by atoms with Crippen LogP contribution in [-0.4, -0.2) is 5.11 Å². The van der Waals surface area contributed by atoms with E-state index in [2.05, 4.69) is 5.32 Å². The van der Waals surface area contributed by atoms with E-state index in [0.717, 1.165) is 17.5 Å².